The average Bonchev–Trinajstić information content (AvgIpc) is 3.19. The molecule has 0 heteroatoms. The molecule has 102 valence electrons. The van der Waals surface area contributed by atoms with E-state index in [2.05, 4.69) is 33.8 Å². The molecule has 3 unspecified atom stereocenters. The molecular formula is C18H30. The van der Waals surface area contributed by atoms with Gasteiger partial charge in [-0.2, -0.15) is 0 Å². The molecule has 0 radical (unpaired) electrons. The van der Waals surface area contributed by atoms with E-state index in [1.165, 1.54) is 44.9 Å². The fraction of sp³-hybridized carbons (Fsp3) is 0.778. The standard InChI is InChI=1S/C18H30/c1-5-7-13(3)11-17(15-9-10-15)14(4)18-12-16(18)8-6-2/h12-14,16H,5-11H2,1-4H3. The fourth-order valence-corrected chi connectivity index (χ4v) is 3.39. The third-order valence-electron chi connectivity index (χ3n) is 4.64. The van der Waals surface area contributed by atoms with Gasteiger partial charge in [0.05, 0.1) is 0 Å². The van der Waals surface area contributed by atoms with Crippen molar-refractivity contribution in [1.82, 2.24) is 0 Å². The minimum absolute atomic E-state index is 0.762. The van der Waals surface area contributed by atoms with Gasteiger partial charge in [0.1, 0.15) is 0 Å². The predicted octanol–water partition coefficient (Wildman–Crippen LogP) is 5.90. The van der Waals surface area contributed by atoms with Crippen molar-refractivity contribution in [2.75, 3.05) is 0 Å². The van der Waals surface area contributed by atoms with Crippen molar-refractivity contribution in [3.63, 3.8) is 0 Å². The second kappa shape index (κ2) is 6.08. The Balaban J connectivity index is 1.92. The summed E-state index contributed by atoms with van der Waals surface area (Å²) in [5.41, 5.74) is 5.38. The highest BCUT2D eigenvalue weighted by molar-refractivity contribution is 5.40. The Kier molecular flexibility index (Phi) is 4.70. The third-order valence-corrected chi connectivity index (χ3v) is 4.64. The minimum atomic E-state index is 0.762. The van der Waals surface area contributed by atoms with Gasteiger partial charge in [-0.3, -0.25) is 0 Å². The quantitative estimate of drug-likeness (QED) is 0.468. The topological polar surface area (TPSA) is 0 Å². The zero-order valence-electron chi connectivity index (χ0n) is 12.8. The maximum Gasteiger partial charge on any atom is -0.00125 e. The maximum atomic E-state index is 2.53. The Hall–Kier alpha value is -0.520. The van der Waals surface area contributed by atoms with Gasteiger partial charge in [0.2, 0.25) is 0 Å². The summed E-state index contributed by atoms with van der Waals surface area (Å²) in [7, 11) is 0. The normalized spacial score (nSPS) is 24.6. The summed E-state index contributed by atoms with van der Waals surface area (Å²) in [4.78, 5) is 0. The molecule has 3 atom stereocenters. The van der Waals surface area contributed by atoms with Crippen LogP contribution in [0.4, 0.5) is 0 Å². The van der Waals surface area contributed by atoms with Crippen LogP contribution in [-0.4, -0.2) is 0 Å². The van der Waals surface area contributed by atoms with E-state index in [0.717, 1.165) is 17.8 Å². The van der Waals surface area contributed by atoms with Crippen molar-refractivity contribution in [1.29, 1.82) is 0 Å². The van der Waals surface area contributed by atoms with Crippen molar-refractivity contribution in [3.05, 3.63) is 22.8 Å². The van der Waals surface area contributed by atoms with E-state index >= 15 is 0 Å². The molecule has 0 heterocycles. The lowest BCUT2D eigenvalue weighted by Crippen LogP contribution is -2.06. The van der Waals surface area contributed by atoms with Gasteiger partial charge in [0, 0.05) is 0 Å². The molecule has 0 nitrogen and oxygen atoms in total. The molecule has 18 heavy (non-hydrogen) atoms. The van der Waals surface area contributed by atoms with E-state index in [1.807, 2.05) is 5.57 Å². The first-order valence-electron chi connectivity index (χ1n) is 8.09. The molecule has 0 N–H and O–H groups in total. The van der Waals surface area contributed by atoms with E-state index < -0.39 is 0 Å². The van der Waals surface area contributed by atoms with Crippen LogP contribution in [-0.2, 0) is 0 Å². The van der Waals surface area contributed by atoms with E-state index in [0.29, 0.717) is 0 Å². The average molecular weight is 246 g/mol. The van der Waals surface area contributed by atoms with Crippen LogP contribution in [0.25, 0.3) is 0 Å². The second-order valence-electron chi connectivity index (χ2n) is 6.51. The van der Waals surface area contributed by atoms with Gasteiger partial charge in [0.15, 0.2) is 0 Å². The molecule has 1 saturated carbocycles. The molecule has 0 saturated heterocycles. The first kappa shape index (κ1) is 13.9. The van der Waals surface area contributed by atoms with Crippen LogP contribution in [0.15, 0.2) is 22.8 Å². The van der Waals surface area contributed by atoms with Crippen molar-refractivity contribution in [3.8, 4) is 0 Å². The summed E-state index contributed by atoms with van der Waals surface area (Å²) >= 11 is 0. The molecule has 1 fully saturated rings. The van der Waals surface area contributed by atoms with Gasteiger partial charge in [-0.25, -0.2) is 0 Å². The van der Waals surface area contributed by atoms with Crippen molar-refractivity contribution >= 4 is 0 Å². The highest BCUT2D eigenvalue weighted by Crippen LogP contribution is 2.47. The van der Waals surface area contributed by atoms with Crippen LogP contribution < -0.4 is 0 Å². The summed E-state index contributed by atoms with van der Waals surface area (Å²) < 4.78 is 0. The Labute approximate surface area is 114 Å². The van der Waals surface area contributed by atoms with Crippen LogP contribution in [0.5, 0.6) is 0 Å². The molecule has 0 aromatic rings. The molecule has 0 aromatic carbocycles. The summed E-state index contributed by atoms with van der Waals surface area (Å²) in [5, 5.41) is 0. The Morgan fingerprint density at radius 3 is 2.50 bits per heavy atom. The smallest absolute Gasteiger partial charge is 0.00125 e. The molecule has 2 aliphatic carbocycles. The van der Waals surface area contributed by atoms with Crippen molar-refractivity contribution in [2.45, 2.75) is 72.6 Å². The SMILES string of the molecule is CCCC(C)CC(=C1CC1)C(C)C1=CC1CCC. The van der Waals surface area contributed by atoms with Gasteiger partial charge in [-0.1, -0.05) is 69.8 Å². The lowest BCUT2D eigenvalue weighted by molar-refractivity contribution is 0.498. The maximum absolute atomic E-state index is 2.53. The van der Waals surface area contributed by atoms with Crippen LogP contribution in [0.2, 0.25) is 0 Å². The molecule has 0 aromatic heterocycles. The van der Waals surface area contributed by atoms with Crippen LogP contribution in [0.3, 0.4) is 0 Å². The molecule has 0 amide bonds. The fourth-order valence-electron chi connectivity index (χ4n) is 3.39. The van der Waals surface area contributed by atoms with E-state index in [4.69, 9.17) is 0 Å². The van der Waals surface area contributed by atoms with Crippen LogP contribution in [0.1, 0.15) is 72.6 Å². The number of hydrogen-bond acceptors (Lipinski definition) is 0. The van der Waals surface area contributed by atoms with Crippen molar-refractivity contribution < 1.29 is 0 Å². The molecular weight excluding hydrogens is 216 g/mol. The highest BCUT2D eigenvalue weighted by atomic mass is 14.4. The molecule has 0 aliphatic heterocycles. The van der Waals surface area contributed by atoms with Crippen LogP contribution >= 0.6 is 0 Å². The minimum Gasteiger partial charge on any atom is -0.0769 e. The summed E-state index contributed by atoms with van der Waals surface area (Å²) in [6.45, 7) is 9.51. The molecule has 2 rings (SSSR count). The summed E-state index contributed by atoms with van der Waals surface area (Å²) in [6.07, 6.45) is 12.1. The predicted molar refractivity (Wildman–Crippen MR) is 80.6 cm³/mol. The van der Waals surface area contributed by atoms with Gasteiger partial charge in [-0.15, -0.1) is 0 Å². The lowest BCUT2D eigenvalue weighted by atomic mass is 9.86. The second-order valence-corrected chi connectivity index (χ2v) is 6.51. The monoisotopic (exact) mass is 246 g/mol. The number of rotatable bonds is 8. The van der Waals surface area contributed by atoms with E-state index in [9.17, 15) is 0 Å². The zero-order valence-corrected chi connectivity index (χ0v) is 12.8. The first-order chi connectivity index (χ1) is 8.67. The Morgan fingerprint density at radius 1 is 1.22 bits per heavy atom. The van der Waals surface area contributed by atoms with Gasteiger partial charge in [-0.05, 0) is 43.4 Å². The highest BCUT2D eigenvalue weighted by Gasteiger charge is 2.33. The van der Waals surface area contributed by atoms with Gasteiger partial charge in [0.25, 0.3) is 0 Å². The number of hydrogen-bond donors (Lipinski definition) is 0. The zero-order chi connectivity index (χ0) is 13.1. The van der Waals surface area contributed by atoms with Gasteiger partial charge < -0.3 is 0 Å². The van der Waals surface area contributed by atoms with Gasteiger partial charge >= 0.3 is 0 Å². The number of allylic oxidation sites excluding steroid dienone is 4. The molecule has 2 aliphatic rings. The first-order valence-corrected chi connectivity index (χ1v) is 8.09. The third kappa shape index (κ3) is 3.49. The lowest BCUT2D eigenvalue weighted by Gasteiger charge is -2.19. The summed E-state index contributed by atoms with van der Waals surface area (Å²) in [5.74, 6) is 2.50. The Bertz CT molecular complexity index is 339. The molecule has 0 spiro atoms. The van der Waals surface area contributed by atoms with Crippen molar-refractivity contribution in [2.24, 2.45) is 17.8 Å². The molecule has 0 bridgehead atoms. The largest absolute Gasteiger partial charge is 0.0769 e. The summed E-state index contributed by atoms with van der Waals surface area (Å²) in [6, 6.07) is 0. The van der Waals surface area contributed by atoms with Crippen LogP contribution in [0, 0.1) is 17.8 Å². The van der Waals surface area contributed by atoms with E-state index in [1.54, 1.807) is 11.1 Å². The Morgan fingerprint density at radius 2 is 1.94 bits per heavy atom. The van der Waals surface area contributed by atoms with E-state index in [-0.39, 0.29) is 0 Å².